The number of ketones is 1. The summed E-state index contributed by atoms with van der Waals surface area (Å²) in [5.74, 6) is -0.941. The first-order chi connectivity index (χ1) is 10.3. The van der Waals surface area contributed by atoms with Crippen molar-refractivity contribution in [1.82, 2.24) is 0 Å². The topological polar surface area (TPSA) is 121 Å². The second-order valence-corrected chi connectivity index (χ2v) is 5.67. The predicted octanol–water partition coefficient (Wildman–Crippen LogP) is 0.811. The monoisotopic (exact) mass is 324 g/mol. The van der Waals surface area contributed by atoms with Crippen LogP contribution in [-0.4, -0.2) is 35.4 Å². The lowest BCUT2D eigenvalue weighted by molar-refractivity contribution is -0.180. The summed E-state index contributed by atoms with van der Waals surface area (Å²) < 4.78 is 36.3. The number of hydrogen-bond acceptors (Lipinski definition) is 6. The molecule has 0 fully saturated rings. The number of carbonyl (C=O) groups is 1. The Labute approximate surface area is 126 Å². The van der Waals surface area contributed by atoms with Crippen molar-refractivity contribution in [2.45, 2.75) is 11.4 Å². The van der Waals surface area contributed by atoms with Gasteiger partial charge in [0.25, 0.3) is 10.1 Å². The van der Waals surface area contributed by atoms with E-state index in [0.717, 1.165) is 12.1 Å². The molecule has 0 saturated heterocycles. The molecule has 0 radical (unpaired) electrons. The summed E-state index contributed by atoms with van der Waals surface area (Å²) in [5, 5.41) is 17.5. The van der Waals surface area contributed by atoms with Gasteiger partial charge in [-0.15, -0.1) is 0 Å². The lowest BCUT2D eigenvalue weighted by Gasteiger charge is -2.12. The van der Waals surface area contributed by atoms with E-state index in [9.17, 15) is 17.8 Å². The summed E-state index contributed by atoms with van der Waals surface area (Å²) in [7, 11) is -4.72. The minimum Gasteiger partial charge on any atom is -0.440 e. The van der Waals surface area contributed by atoms with Crippen LogP contribution in [0, 0.1) is 0 Å². The highest BCUT2D eigenvalue weighted by atomic mass is 32.2. The third-order valence-corrected chi connectivity index (χ3v) is 3.63. The summed E-state index contributed by atoms with van der Waals surface area (Å²) in [5.41, 5.74) is 0.332. The van der Waals surface area contributed by atoms with Crippen molar-refractivity contribution in [3.63, 3.8) is 0 Å². The average molecular weight is 324 g/mol. The minimum absolute atomic E-state index is 0.00129. The average Bonchev–Trinajstić information content (AvgIpc) is 2.46. The van der Waals surface area contributed by atoms with Gasteiger partial charge in [-0.2, -0.15) is 8.42 Å². The van der Waals surface area contributed by atoms with Crippen LogP contribution in [0.2, 0.25) is 0 Å². The quantitative estimate of drug-likeness (QED) is 0.423. The Morgan fingerprint density at radius 3 is 2.18 bits per heavy atom. The molecular weight excluding hydrogens is 312 g/mol. The van der Waals surface area contributed by atoms with Gasteiger partial charge >= 0.3 is 6.48 Å². The molecule has 0 aliphatic rings. The molecule has 0 unspecified atom stereocenters. The maximum absolute atomic E-state index is 12.2. The molecule has 0 bridgehead atoms. The van der Waals surface area contributed by atoms with Gasteiger partial charge in [-0.1, -0.05) is 30.3 Å². The summed E-state index contributed by atoms with van der Waals surface area (Å²) in [6, 6.07) is 11.3. The van der Waals surface area contributed by atoms with Crippen molar-refractivity contribution in [2.24, 2.45) is 0 Å². The molecule has 0 aliphatic heterocycles. The van der Waals surface area contributed by atoms with Crippen molar-refractivity contribution in [3.05, 3.63) is 59.7 Å². The Bertz CT molecular complexity index is 782. The molecule has 0 amide bonds. The van der Waals surface area contributed by atoms with E-state index in [4.69, 9.17) is 10.2 Å². The molecule has 116 valence electrons. The molecule has 0 aromatic heterocycles. The predicted molar refractivity (Wildman–Crippen MR) is 75.0 cm³/mol. The van der Waals surface area contributed by atoms with E-state index in [-0.39, 0.29) is 5.56 Å². The highest BCUT2D eigenvalue weighted by Gasteiger charge is 2.21. The van der Waals surface area contributed by atoms with Gasteiger partial charge in [-0.25, -0.2) is 0 Å². The number of benzene rings is 2. The van der Waals surface area contributed by atoms with Crippen molar-refractivity contribution >= 4 is 15.9 Å². The van der Waals surface area contributed by atoms with Crippen molar-refractivity contribution < 1.29 is 32.7 Å². The van der Waals surface area contributed by atoms with E-state index < -0.39 is 33.0 Å². The molecule has 0 atom stereocenters. The van der Waals surface area contributed by atoms with Crippen LogP contribution in [-0.2, 0) is 10.1 Å². The number of aliphatic hydroxyl groups excluding tert-OH is 1. The van der Waals surface area contributed by atoms with Gasteiger partial charge in [0.05, 0.1) is 0 Å². The summed E-state index contributed by atoms with van der Waals surface area (Å²) >= 11 is 0. The first kappa shape index (κ1) is 16.1. The number of rotatable bonds is 5. The smallest absolute Gasteiger partial charge is 0.310 e. The maximum Gasteiger partial charge on any atom is 0.310 e. The fourth-order valence-electron chi connectivity index (χ4n) is 1.82. The fraction of sp³-hybridized carbons (Fsp3) is 0.0714. The van der Waals surface area contributed by atoms with Crippen molar-refractivity contribution in [3.8, 4) is 5.75 Å². The molecule has 2 aromatic rings. The Hall–Kier alpha value is -2.26. The molecule has 8 heteroatoms. The van der Waals surface area contributed by atoms with Gasteiger partial charge in [-0.05, 0) is 18.2 Å². The van der Waals surface area contributed by atoms with E-state index in [2.05, 4.69) is 4.74 Å². The van der Waals surface area contributed by atoms with E-state index in [1.165, 1.54) is 6.07 Å². The molecule has 0 saturated carbocycles. The van der Waals surface area contributed by atoms with Crippen molar-refractivity contribution in [2.75, 3.05) is 0 Å². The zero-order valence-electron chi connectivity index (χ0n) is 11.1. The fourth-order valence-corrected chi connectivity index (χ4v) is 2.46. The summed E-state index contributed by atoms with van der Waals surface area (Å²) in [4.78, 5) is 11.5. The first-order valence-electron chi connectivity index (χ1n) is 6.03. The third-order valence-electron chi connectivity index (χ3n) is 2.75. The Balaban J connectivity index is 2.50. The van der Waals surface area contributed by atoms with Crippen LogP contribution >= 0.6 is 0 Å². The van der Waals surface area contributed by atoms with Crippen LogP contribution in [0.25, 0.3) is 0 Å². The normalized spacial score (nSPS) is 11.5. The highest BCUT2D eigenvalue weighted by Crippen LogP contribution is 2.26. The number of carbonyl (C=O) groups excluding carboxylic acids is 1. The molecule has 0 aliphatic carbocycles. The Morgan fingerprint density at radius 2 is 1.64 bits per heavy atom. The van der Waals surface area contributed by atoms with Gasteiger partial charge in [0.15, 0.2) is 5.78 Å². The van der Waals surface area contributed by atoms with Gasteiger partial charge < -0.3 is 14.9 Å². The molecule has 2 aromatic carbocycles. The third kappa shape index (κ3) is 3.68. The molecule has 7 nitrogen and oxygen atoms in total. The van der Waals surface area contributed by atoms with Gasteiger partial charge in [0.2, 0.25) is 0 Å². The van der Waals surface area contributed by atoms with Crippen LogP contribution in [0.15, 0.2) is 53.4 Å². The van der Waals surface area contributed by atoms with E-state index >= 15 is 0 Å². The van der Waals surface area contributed by atoms with Gasteiger partial charge in [-0.3, -0.25) is 9.35 Å². The van der Waals surface area contributed by atoms with Crippen molar-refractivity contribution in [1.29, 1.82) is 0 Å². The zero-order valence-corrected chi connectivity index (χ0v) is 11.9. The van der Waals surface area contributed by atoms with E-state index in [0.29, 0.717) is 5.56 Å². The van der Waals surface area contributed by atoms with Crippen LogP contribution in [0.5, 0.6) is 5.75 Å². The number of ether oxygens (including phenoxy) is 1. The standard InChI is InChI=1S/C14H12O7S/c15-13(9-4-2-1-3-5-9)10-6-7-11(21-14(16)17)12(8-10)22(18,19)20/h1-8,14,16-17H,(H,18,19,20). The van der Waals surface area contributed by atoms with E-state index in [1.807, 2.05) is 0 Å². The second kappa shape index (κ2) is 6.24. The van der Waals surface area contributed by atoms with Crippen LogP contribution in [0.4, 0.5) is 0 Å². The number of hydrogen-bond donors (Lipinski definition) is 3. The zero-order chi connectivity index (χ0) is 16.3. The SMILES string of the molecule is O=C(c1ccccc1)c1ccc(OC(O)O)c(S(=O)(=O)O)c1. The molecule has 3 N–H and O–H groups in total. The van der Waals surface area contributed by atoms with Crippen LogP contribution in [0.3, 0.4) is 0 Å². The molecular formula is C14H12O7S. The molecule has 2 rings (SSSR count). The van der Waals surface area contributed by atoms with Crippen LogP contribution in [0.1, 0.15) is 15.9 Å². The molecule has 22 heavy (non-hydrogen) atoms. The number of aliphatic hydroxyl groups is 2. The second-order valence-electron chi connectivity index (χ2n) is 4.28. The highest BCUT2D eigenvalue weighted by molar-refractivity contribution is 7.86. The summed E-state index contributed by atoms with van der Waals surface area (Å²) in [6.07, 6.45) is 0. The van der Waals surface area contributed by atoms with Crippen LogP contribution < -0.4 is 4.74 Å². The minimum atomic E-state index is -4.72. The van der Waals surface area contributed by atoms with Gasteiger partial charge in [0, 0.05) is 11.1 Å². The van der Waals surface area contributed by atoms with Gasteiger partial charge in [0.1, 0.15) is 10.6 Å². The lowest BCUT2D eigenvalue weighted by atomic mass is 10.0. The Kier molecular flexibility index (Phi) is 4.57. The van der Waals surface area contributed by atoms with E-state index in [1.54, 1.807) is 30.3 Å². The lowest BCUT2D eigenvalue weighted by Crippen LogP contribution is -2.16. The first-order valence-corrected chi connectivity index (χ1v) is 7.47. The summed E-state index contributed by atoms with van der Waals surface area (Å²) in [6.45, 7) is -2.27. The largest absolute Gasteiger partial charge is 0.440 e. The maximum atomic E-state index is 12.2. The Morgan fingerprint density at radius 1 is 1.00 bits per heavy atom. The molecule has 0 spiro atoms. The molecule has 0 heterocycles.